The Morgan fingerprint density at radius 1 is 1.16 bits per heavy atom. The van der Waals surface area contributed by atoms with Crippen LogP contribution in [-0.2, 0) is 6.54 Å². The van der Waals surface area contributed by atoms with E-state index in [1.807, 2.05) is 24.3 Å². The van der Waals surface area contributed by atoms with E-state index < -0.39 is 0 Å². The van der Waals surface area contributed by atoms with Gasteiger partial charge in [0.1, 0.15) is 6.33 Å². The van der Waals surface area contributed by atoms with Crippen LogP contribution in [0.25, 0.3) is 16.4 Å². The summed E-state index contributed by atoms with van der Waals surface area (Å²) in [6.45, 7) is 2.85. The number of aryl methyl sites for hydroxylation is 1. The van der Waals surface area contributed by atoms with Gasteiger partial charge >= 0.3 is 0 Å². The van der Waals surface area contributed by atoms with Crippen molar-refractivity contribution in [3.8, 4) is 0 Å². The Labute approximate surface area is 110 Å². The maximum absolute atomic E-state index is 12.5. The van der Waals surface area contributed by atoms with E-state index in [1.54, 1.807) is 15.5 Å². The van der Waals surface area contributed by atoms with Crippen molar-refractivity contribution in [2.24, 2.45) is 0 Å². The van der Waals surface area contributed by atoms with Crippen molar-refractivity contribution < 1.29 is 0 Å². The van der Waals surface area contributed by atoms with Crippen LogP contribution in [0.15, 0.2) is 35.4 Å². The number of hydrogen-bond donors (Lipinski definition) is 0. The number of hydrogen-bond acceptors (Lipinski definition) is 3. The van der Waals surface area contributed by atoms with E-state index in [9.17, 15) is 4.79 Å². The molecule has 5 nitrogen and oxygen atoms in total. The lowest BCUT2D eigenvalue weighted by Gasteiger charge is -2.10. The van der Waals surface area contributed by atoms with Crippen LogP contribution in [0.4, 0.5) is 0 Å². The molecule has 0 radical (unpaired) electrons. The molecule has 2 heterocycles. The zero-order valence-electron chi connectivity index (χ0n) is 10.9. The van der Waals surface area contributed by atoms with Gasteiger partial charge in [-0.25, -0.2) is 9.20 Å². The third-order valence-electron chi connectivity index (χ3n) is 3.40. The summed E-state index contributed by atoms with van der Waals surface area (Å²) in [5, 5.41) is 9.63. The van der Waals surface area contributed by atoms with E-state index in [2.05, 4.69) is 17.1 Å². The molecular weight excluding hydrogens is 240 g/mol. The molecule has 98 valence electrons. The summed E-state index contributed by atoms with van der Waals surface area (Å²) < 4.78 is 3.49. The minimum absolute atomic E-state index is 0.0269. The van der Waals surface area contributed by atoms with Crippen molar-refractivity contribution in [2.75, 3.05) is 0 Å². The molecule has 0 atom stereocenters. The molecule has 3 rings (SSSR count). The maximum Gasteiger partial charge on any atom is 0.273 e. The van der Waals surface area contributed by atoms with Crippen LogP contribution in [0.2, 0.25) is 0 Å². The average Bonchev–Trinajstić information content (AvgIpc) is 2.92. The highest BCUT2D eigenvalue weighted by molar-refractivity contribution is 5.92. The van der Waals surface area contributed by atoms with Gasteiger partial charge < -0.3 is 0 Å². The molecule has 0 N–H and O–H groups in total. The van der Waals surface area contributed by atoms with Gasteiger partial charge in [-0.05, 0) is 12.5 Å². The molecule has 0 unspecified atom stereocenters. The number of nitrogens with zero attached hydrogens (tertiary/aromatic N) is 4. The van der Waals surface area contributed by atoms with Crippen molar-refractivity contribution in [3.05, 3.63) is 40.9 Å². The van der Waals surface area contributed by atoms with E-state index in [1.165, 1.54) is 0 Å². The molecule has 0 amide bonds. The first kappa shape index (κ1) is 11.9. The normalized spacial score (nSPS) is 11.4. The third kappa shape index (κ3) is 1.91. The van der Waals surface area contributed by atoms with Gasteiger partial charge in [-0.1, -0.05) is 38.0 Å². The fourth-order valence-corrected chi connectivity index (χ4v) is 2.41. The van der Waals surface area contributed by atoms with Crippen LogP contribution >= 0.6 is 0 Å². The Hall–Kier alpha value is -2.17. The van der Waals surface area contributed by atoms with Crippen molar-refractivity contribution in [2.45, 2.75) is 32.7 Å². The summed E-state index contributed by atoms with van der Waals surface area (Å²) in [4.78, 5) is 12.5. The molecule has 0 fully saturated rings. The maximum atomic E-state index is 12.5. The summed E-state index contributed by atoms with van der Waals surface area (Å²) in [5.41, 5.74) is 0.769. The summed E-state index contributed by atoms with van der Waals surface area (Å²) in [5.74, 6) is 0. The lowest BCUT2D eigenvalue weighted by Crippen LogP contribution is -2.26. The molecule has 0 aliphatic rings. The van der Waals surface area contributed by atoms with Gasteiger partial charge in [0.2, 0.25) is 0 Å². The standard InChI is InChI=1S/C14H16N4O/c1-2-3-6-9-17-14(19)12-8-5-4-7-11(12)13-16-15-10-18(13)17/h4-5,7-8,10H,2-3,6,9H2,1H3. The highest BCUT2D eigenvalue weighted by Crippen LogP contribution is 2.14. The minimum Gasteiger partial charge on any atom is -0.267 e. The second-order valence-corrected chi connectivity index (χ2v) is 4.68. The Morgan fingerprint density at radius 2 is 1.95 bits per heavy atom. The highest BCUT2D eigenvalue weighted by atomic mass is 16.1. The summed E-state index contributed by atoms with van der Waals surface area (Å²) >= 11 is 0. The lowest BCUT2D eigenvalue weighted by atomic mass is 10.2. The van der Waals surface area contributed by atoms with E-state index in [4.69, 9.17) is 0 Å². The second-order valence-electron chi connectivity index (χ2n) is 4.68. The molecule has 0 saturated carbocycles. The number of aromatic nitrogens is 4. The fraction of sp³-hybridized carbons (Fsp3) is 0.357. The smallest absolute Gasteiger partial charge is 0.267 e. The molecule has 2 aromatic heterocycles. The molecule has 0 aliphatic heterocycles. The van der Waals surface area contributed by atoms with Crippen molar-refractivity contribution in [3.63, 3.8) is 0 Å². The Balaban J connectivity index is 2.25. The Morgan fingerprint density at radius 3 is 2.74 bits per heavy atom. The van der Waals surface area contributed by atoms with Gasteiger partial charge in [-0.3, -0.25) is 4.79 Å². The predicted octanol–water partition coefficient (Wildman–Crippen LogP) is 2.23. The van der Waals surface area contributed by atoms with E-state index in [0.717, 1.165) is 30.3 Å². The molecule has 0 saturated heterocycles. The predicted molar refractivity (Wildman–Crippen MR) is 74.3 cm³/mol. The van der Waals surface area contributed by atoms with Gasteiger partial charge in [-0.2, -0.15) is 0 Å². The van der Waals surface area contributed by atoms with E-state index in [-0.39, 0.29) is 5.56 Å². The molecule has 0 spiro atoms. The molecule has 0 bridgehead atoms. The fourth-order valence-electron chi connectivity index (χ4n) is 2.41. The van der Waals surface area contributed by atoms with Gasteiger partial charge in [0.15, 0.2) is 5.65 Å². The topological polar surface area (TPSA) is 52.2 Å². The van der Waals surface area contributed by atoms with Gasteiger partial charge in [0, 0.05) is 11.9 Å². The van der Waals surface area contributed by atoms with Crippen molar-refractivity contribution in [1.29, 1.82) is 0 Å². The highest BCUT2D eigenvalue weighted by Gasteiger charge is 2.10. The monoisotopic (exact) mass is 256 g/mol. The minimum atomic E-state index is 0.0269. The average molecular weight is 256 g/mol. The number of rotatable bonds is 4. The number of benzene rings is 1. The first-order valence-electron chi connectivity index (χ1n) is 6.64. The summed E-state index contributed by atoms with van der Waals surface area (Å²) in [6, 6.07) is 7.56. The SMILES string of the molecule is CCCCCn1c(=O)c2ccccc2c2nncn21. The molecule has 0 aliphatic carbocycles. The van der Waals surface area contributed by atoms with Crippen LogP contribution < -0.4 is 5.56 Å². The van der Waals surface area contributed by atoms with Gasteiger partial charge in [0.25, 0.3) is 5.56 Å². The Kier molecular flexibility index (Phi) is 3.03. The summed E-state index contributed by atoms with van der Waals surface area (Å²) in [7, 11) is 0. The van der Waals surface area contributed by atoms with Crippen LogP contribution in [0.1, 0.15) is 26.2 Å². The van der Waals surface area contributed by atoms with Crippen LogP contribution in [-0.4, -0.2) is 19.4 Å². The molecule has 1 aromatic carbocycles. The largest absolute Gasteiger partial charge is 0.273 e. The third-order valence-corrected chi connectivity index (χ3v) is 3.40. The van der Waals surface area contributed by atoms with Gasteiger partial charge in [-0.15, -0.1) is 10.2 Å². The quantitative estimate of drug-likeness (QED) is 0.673. The molecule has 3 aromatic rings. The van der Waals surface area contributed by atoms with Crippen molar-refractivity contribution in [1.82, 2.24) is 19.4 Å². The summed E-state index contributed by atoms with van der Waals surface area (Å²) in [6.07, 6.45) is 4.84. The lowest BCUT2D eigenvalue weighted by molar-refractivity contribution is 0.509. The molecular formula is C14H16N4O. The van der Waals surface area contributed by atoms with Crippen molar-refractivity contribution >= 4 is 16.4 Å². The molecule has 19 heavy (non-hydrogen) atoms. The second kappa shape index (κ2) is 4.84. The van der Waals surface area contributed by atoms with Crippen LogP contribution in [0.5, 0.6) is 0 Å². The van der Waals surface area contributed by atoms with Crippen LogP contribution in [0, 0.1) is 0 Å². The Bertz CT molecular complexity index is 772. The number of unbranched alkanes of at least 4 members (excludes halogenated alkanes) is 2. The van der Waals surface area contributed by atoms with Gasteiger partial charge in [0.05, 0.1) is 5.39 Å². The van der Waals surface area contributed by atoms with Crippen LogP contribution in [0.3, 0.4) is 0 Å². The molecule has 5 heteroatoms. The number of fused-ring (bicyclic) bond motifs is 3. The first-order valence-corrected chi connectivity index (χ1v) is 6.64. The zero-order valence-corrected chi connectivity index (χ0v) is 10.9. The van der Waals surface area contributed by atoms with E-state index >= 15 is 0 Å². The van der Waals surface area contributed by atoms with E-state index in [0.29, 0.717) is 11.9 Å². The first-order chi connectivity index (χ1) is 9.33. The zero-order chi connectivity index (χ0) is 13.2.